The normalized spacial score (nSPS) is 15.8. The van der Waals surface area contributed by atoms with Crippen LogP contribution in [-0.2, 0) is 45.5 Å². The molecule has 0 saturated heterocycles. The van der Waals surface area contributed by atoms with Crippen LogP contribution in [0.4, 0.5) is 0 Å². The van der Waals surface area contributed by atoms with Gasteiger partial charge in [-0.25, -0.2) is 0 Å². The summed E-state index contributed by atoms with van der Waals surface area (Å²) in [7, 11) is 9.87. The number of fused-ring (bicyclic) bond motifs is 6. The van der Waals surface area contributed by atoms with E-state index in [2.05, 4.69) is 76.6 Å². The van der Waals surface area contributed by atoms with Crippen LogP contribution in [0.2, 0.25) is 0 Å². The molecule has 0 spiro atoms. The van der Waals surface area contributed by atoms with E-state index in [0.717, 1.165) is 16.7 Å². The van der Waals surface area contributed by atoms with Crippen molar-refractivity contribution in [3.05, 3.63) is 111 Å². The molecule has 0 amide bonds. The van der Waals surface area contributed by atoms with Gasteiger partial charge in [-0.15, -0.1) is 41.5 Å². The van der Waals surface area contributed by atoms with Crippen molar-refractivity contribution in [3.63, 3.8) is 0 Å². The molecule has 30 heavy (non-hydrogen) atoms. The van der Waals surface area contributed by atoms with Crippen LogP contribution in [0.25, 0.3) is 17.2 Å². The van der Waals surface area contributed by atoms with Crippen molar-refractivity contribution in [1.29, 1.82) is 0 Å². The van der Waals surface area contributed by atoms with Crippen molar-refractivity contribution in [2.75, 3.05) is 0 Å². The van der Waals surface area contributed by atoms with E-state index in [1.165, 1.54) is 33.4 Å². The quantitative estimate of drug-likeness (QED) is 0.120. The Bertz CT molecular complexity index is 1060. The monoisotopic (exact) mass is 591 g/mol. The fourth-order valence-corrected chi connectivity index (χ4v) is 4.21. The number of halogens is 3. The predicted octanol–water partition coefficient (Wildman–Crippen LogP) is 7.36. The molecule has 6 heteroatoms. The summed E-state index contributed by atoms with van der Waals surface area (Å²) in [4.78, 5) is 0. The minimum Gasteiger partial charge on any atom is -0.813 e. The van der Waals surface area contributed by atoms with E-state index in [1.54, 1.807) is 0 Å². The first-order valence-electron chi connectivity index (χ1n) is 9.01. The van der Waals surface area contributed by atoms with Crippen molar-refractivity contribution in [1.82, 2.24) is 0 Å². The van der Waals surface area contributed by atoms with E-state index in [9.17, 15) is 0 Å². The number of rotatable bonds is 0. The predicted molar refractivity (Wildman–Crippen MR) is 128 cm³/mol. The van der Waals surface area contributed by atoms with Crippen LogP contribution in [0.15, 0.2) is 77.0 Å². The first kappa shape index (κ1) is 23.9. The average Bonchev–Trinajstić information content (AvgIpc) is 3.39. The zero-order valence-electron chi connectivity index (χ0n) is 15.7. The maximum atomic E-state index is 5.60. The number of hydrogen-bond donors (Lipinski definition) is 0. The Morgan fingerprint density at radius 1 is 0.933 bits per heavy atom. The van der Waals surface area contributed by atoms with Gasteiger partial charge in [0.15, 0.2) is 4.67 Å². The van der Waals surface area contributed by atoms with Gasteiger partial charge in [-0.1, -0.05) is 41.0 Å². The molecule has 0 saturated carbocycles. The van der Waals surface area contributed by atoms with E-state index in [4.69, 9.17) is 21.8 Å². The van der Waals surface area contributed by atoms with Gasteiger partial charge in [0.1, 0.15) is 6.10 Å². The number of ether oxygens (including phenoxy) is 1. The Kier molecular flexibility index (Phi) is 8.92. The second-order valence-electron chi connectivity index (χ2n) is 6.60. The maximum absolute atomic E-state index is 5.60. The molecular weight excluding hydrogens is 578 g/mol. The van der Waals surface area contributed by atoms with Crippen molar-refractivity contribution in [3.8, 4) is 11.1 Å². The summed E-state index contributed by atoms with van der Waals surface area (Å²) in [6.07, 6.45) is 5.28. The molecule has 3 aromatic rings. The second-order valence-corrected chi connectivity index (χ2v) is 11.1. The van der Waals surface area contributed by atoms with Gasteiger partial charge in [0.25, 0.3) is 0 Å². The molecule has 0 bridgehead atoms. The molecule has 6 rings (SSSR count). The molecule has 0 radical (unpaired) electrons. The smallest absolute Gasteiger partial charge is 0.0253 e. The molecule has 3 aliphatic rings. The topological polar surface area (TPSA) is 9.23 Å². The van der Waals surface area contributed by atoms with Gasteiger partial charge in [0.05, 0.1) is 0 Å². The number of thiol groups is 1. The maximum Gasteiger partial charge on any atom is -0.0253 e. The summed E-state index contributed by atoms with van der Waals surface area (Å²) in [5.41, 5.74) is 9.09. The first-order chi connectivity index (χ1) is 14.2. The summed E-state index contributed by atoms with van der Waals surface area (Å²) in [5.74, 6) is 0. The summed E-state index contributed by atoms with van der Waals surface area (Å²) >= 11 is 2.51. The van der Waals surface area contributed by atoms with Crippen LogP contribution >= 0.6 is 33.0 Å². The van der Waals surface area contributed by atoms with Gasteiger partial charge in [-0.05, 0) is 34.0 Å². The third kappa shape index (κ3) is 5.17. The number of hydrogen-bond acceptors (Lipinski definition) is 2. The Morgan fingerprint density at radius 2 is 1.63 bits per heavy atom. The molecule has 0 N–H and O–H groups in total. The molecule has 1 heterocycles. The Hall–Kier alpha value is -0.767. The molecule has 152 valence electrons. The van der Waals surface area contributed by atoms with Crippen LogP contribution in [0.5, 0.6) is 0 Å². The van der Waals surface area contributed by atoms with E-state index in [0.29, 0.717) is 0 Å². The largest absolute Gasteiger partial charge is 0.813 e. The van der Waals surface area contributed by atoms with E-state index < -0.39 is 20.8 Å². The first-order valence-corrected chi connectivity index (χ1v) is 16.1. The SMILES string of the molecule is BrC1=CC2=Cc3[c-]cccc3C2O1.[Cl][Zr][Cl].[SH-].[c-]1cccc2c1Cc1ccccc1-2. The summed E-state index contributed by atoms with van der Waals surface area (Å²) in [6, 6.07) is 27.3. The van der Waals surface area contributed by atoms with E-state index >= 15 is 0 Å². The van der Waals surface area contributed by atoms with Gasteiger partial charge >= 0.3 is 37.9 Å². The fourth-order valence-electron chi connectivity index (χ4n) is 3.76. The molecule has 3 aromatic carbocycles. The Labute approximate surface area is 211 Å². The fraction of sp³-hybridized carbons (Fsp3) is 0.0833. The second kappa shape index (κ2) is 11.2. The van der Waals surface area contributed by atoms with Crippen molar-refractivity contribution >= 4 is 52.5 Å². The molecule has 1 atom stereocenters. The average molecular weight is 594 g/mol. The third-order valence-electron chi connectivity index (χ3n) is 4.95. The molecule has 1 aliphatic heterocycles. The number of benzene rings is 3. The minimum atomic E-state index is -0.826. The summed E-state index contributed by atoms with van der Waals surface area (Å²) < 4.78 is 6.42. The Balaban J connectivity index is 0.000000147. The Morgan fingerprint density at radius 3 is 2.47 bits per heavy atom. The summed E-state index contributed by atoms with van der Waals surface area (Å²) in [6.45, 7) is 0. The third-order valence-corrected chi connectivity index (χ3v) is 5.36. The molecule has 0 fully saturated rings. The van der Waals surface area contributed by atoms with Crippen molar-refractivity contribution < 1.29 is 25.6 Å². The minimum absolute atomic E-state index is 0. The van der Waals surface area contributed by atoms with E-state index in [-0.39, 0.29) is 19.6 Å². The standard InChI is InChI=1S/C13H9.C11H6BrO.2ClH.H2S.Zr/c1-3-7-12-10(5-1)9-11-6-2-4-8-13(11)12;12-10-6-8-5-7-3-1-2-4-9(7)11(8)13-10;;;;/h1-5,7-8H,9H2;1-2,4-6,11H;2*1H;1H2;/q2*-1;;;;+2/p-3. The van der Waals surface area contributed by atoms with Gasteiger partial charge in [-0.3, -0.25) is 0 Å². The van der Waals surface area contributed by atoms with Gasteiger partial charge in [0, 0.05) is 0 Å². The van der Waals surface area contributed by atoms with Crippen LogP contribution in [0, 0.1) is 12.1 Å². The van der Waals surface area contributed by atoms with Crippen LogP contribution in [0.1, 0.15) is 28.4 Å². The van der Waals surface area contributed by atoms with Crippen LogP contribution in [0.3, 0.4) is 0 Å². The van der Waals surface area contributed by atoms with Crippen molar-refractivity contribution in [2.24, 2.45) is 0 Å². The van der Waals surface area contributed by atoms with Gasteiger partial charge in [0.2, 0.25) is 0 Å². The van der Waals surface area contributed by atoms with Crippen LogP contribution in [-0.4, -0.2) is 0 Å². The van der Waals surface area contributed by atoms with Crippen molar-refractivity contribution in [2.45, 2.75) is 12.5 Å². The molecule has 1 nitrogen and oxygen atoms in total. The molecule has 2 aliphatic carbocycles. The van der Waals surface area contributed by atoms with Gasteiger partial charge in [-0.2, -0.15) is 29.8 Å². The molecular formula is C24H16BrCl2OSZr-3. The molecule has 1 unspecified atom stereocenters. The van der Waals surface area contributed by atoms with Crippen LogP contribution < -0.4 is 0 Å². The van der Waals surface area contributed by atoms with E-state index in [1.807, 2.05) is 24.3 Å². The van der Waals surface area contributed by atoms with Gasteiger partial charge < -0.3 is 18.2 Å². The molecule has 0 aromatic heterocycles. The zero-order chi connectivity index (χ0) is 20.2. The summed E-state index contributed by atoms with van der Waals surface area (Å²) in [5, 5.41) is 0. The zero-order valence-corrected chi connectivity index (χ0v) is 22.2.